The van der Waals surface area contributed by atoms with Crippen LogP contribution in [0.2, 0.25) is 0 Å². The summed E-state index contributed by atoms with van der Waals surface area (Å²) in [5, 5.41) is 0. The van der Waals surface area contributed by atoms with E-state index in [0.717, 1.165) is 18.1 Å². The van der Waals surface area contributed by atoms with Crippen molar-refractivity contribution in [3.05, 3.63) is 52.7 Å². The van der Waals surface area contributed by atoms with Gasteiger partial charge >= 0.3 is 0 Å². The SMILES string of the molecule is Cc1ccc(Cc2ncc(C)o2)c(C)c1. The van der Waals surface area contributed by atoms with Gasteiger partial charge in [0.15, 0.2) is 5.89 Å². The predicted molar refractivity (Wildman–Crippen MR) is 60.0 cm³/mol. The molecule has 15 heavy (non-hydrogen) atoms. The summed E-state index contributed by atoms with van der Waals surface area (Å²) >= 11 is 0. The van der Waals surface area contributed by atoms with Crippen molar-refractivity contribution in [2.75, 3.05) is 0 Å². The lowest BCUT2D eigenvalue weighted by Gasteiger charge is -2.04. The first-order valence-corrected chi connectivity index (χ1v) is 5.12. The molecule has 0 unspecified atom stereocenters. The summed E-state index contributed by atoms with van der Waals surface area (Å²) in [4.78, 5) is 4.21. The second-order valence-electron chi connectivity index (χ2n) is 3.97. The van der Waals surface area contributed by atoms with Gasteiger partial charge in [0.2, 0.25) is 0 Å². The molecule has 0 amide bonds. The van der Waals surface area contributed by atoms with Crippen molar-refractivity contribution in [1.29, 1.82) is 0 Å². The van der Waals surface area contributed by atoms with E-state index in [0.29, 0.717) is 0 Å². The molecule has 0 radical (unpaired) electrons. The standard InChI is InChI=1S/C13H15NO/c1-9-4-5-12(10(2)6-9)7-13-14-8-11(3)15-13/h4-6,8H,7H2,1-3H3. The van der Waals surface area contributed by atoms with Gasteiger partial charge in [0, 0.05) is 6.42 Å². The molecule has 1 aromatic carbocycles. The minimum absolute atomic E-state index is 0.778. The van der Waals surface area contributed by atoms with Crippen molar-refractivity contribution >= 4 is 0 Å². The molecule has 2 aromatic rings. The molecule has 0 aliphatic rings. The second kappa shape index (κ2) is 3.89. The van der Waals surface area contributed by atoms with Crippen LogP contribution in [0.5, 0.6) is 0 Å². The van der Waals surface area contributed by atoms with E-state index < -0.39 is 0 Å². The molecule has 0 saturated heterocycles. The number of nitrogens with zero attached hydrogens (tertiary/aromatic N) is 1. The Balaban J connectivity index is 2.24. The highest BCUT2D eigenvalue weighted by Gasteiger charge is 2.04. The number of oxazole rings is 1. The van der Waals surface area contributed by atoms with E-state index in [-0.39, 0.29) is 0 Å². The van der Waals surface area contributed by atoms with E-state index in [9.17, 15) is 0 Å². The quantitative estimate of drug-likeness (QED) is 0.745. The van der Waals surface area contributed by atoms with Crippen LogP contribution in [-0.4, -0.2) is 4.98 Å². The molecular formula is C13H15NO. The van der Waals surface area contributed by atoms with Gasteiger partial charge in [-0.25, -0.2) is 4.98 Å². The molecule has 0 fully saturated rings. The van der Waals surface area contributed by atoms with Crippen molar-refractivity contribution in [1.82, 2.24) is 4.98 Å². The largest absolute Gasteiger partial charge is 0.446 e. The van der Waals surface area contributed by atoms with Gasteiger partial charge in [0.1, 0.15) is 5.76 Å². The zero-order valence-electron chi connectivity index (χ0n) is 9.37. The molecule has 0 saturated carbocycles. The van der Waals surface area contributed by atoms with Crippen LogP contribution in [0.4, 0.5) is 0 Å². The molecular weight excluding hydrogens is 186 g/mol. The average molecular weight is 201 g/mol. The zero-order valence-corrected chi connectivity index (χ0v) is 9.37. The first-order valence-electron chi connectivity index (χ1n) is 5.12. The van der Waals surface area contributed by atoms with Crippen LogP contribution in [0, 0.1) is 20.8 Å². The van der Waals surface area contributed by atoms with Gasteiger partial charge in [-0.3, -0.25) is 0 Å². The second-order valence-corrected chi connectivity index (χ2v) is 3.97. The number of aryl methyl sites for hydroxylation is 3. The van der Waals surface area contributed by atoms with Crippen molar-refractivity contribution in [2.24, 2.45) is 0 Å². The van der Waals surface area contributed by atoms with Crippen molar-refractivity contribution in [3.63, 3.8) is 0 Å². The Labute approximate surface area is 90.0 Å². The van der Waals surface area contributed by atoms with Crippen LogP contribution in [-0.2, 0) is 6.42 Å². The van der Waals surface area contributed by atoms with Crippen LogP contribution in [0.25, 0.3) is 0 Å². The third kappa shape index (κ3) is 2.27. The normalized spacial score (nSPS) is 10.6. The van der Waals surface area contributed by atoms with Gasteiger partial charge in [-0.05, 0) is 31.9 Å². The molecule has 0 bridgehead atoms. The van der Waals surface area contributed by atoms with Gasteiger partial charge in [-0.2, -0.15) is 0 Å². The lowest BCUT2D eigenvalue weighted by atomic mass is 10.0. The first-order chi connectivity index (χ1) is 7.15. The summed E-state index contributed by atoms with van der Waals surface area (Å²) in [5.41, 5.74) is 3.87. The summed E-state index contributed by atoms with van der Waals surface area (Å²) in [6, 6.07) is 6.45. The molecule has 1 aromatic heterocycles. The third-order valence-corrected chi connectivity index (χ3v) is 2.51. The van der Waals surface area contributed by atoms with Crippen molar-refractivity contribution in [3.8, 4) is 0 Å². The Morgan fingerprint density at radius 2 is 2.00 bits per heavy atom. The Morgan fingerprint density at radius 1 is 1.20 bits per heavy atom. The lowest BCUT2D eigenvalue weighted by Crippen LogP contribution is -1.92. The number of aromatic nitrogens is 1. The smallest absolute Gasteiger partial charge is 0.198 e. The number of benzene rings is 1. The fraction of sp³-hybridized carbons (Fsp3) is 0.308. The third-order valence-electron chi connectivity index (χ3n) is 2.51. The van der Waals surface area contributed by atoms with E-state index in [1.54, 1.807) is 6.20 Å². The molecule has 0 aliphatic carbocycles. The van der Waals surface area contributed by atoms with E-state index in [1.165, 1.54) is 16.7 Å². The Bertz CT molecular complexity index is 471. The minimum atomic E-state index is 0.778. The van der Waals surface area contributed by atoms with Gasteiger partial charge in [0.05, 0.1) is 6.20 Å². The van der Waals surface area contributed by atoms with Gasteiger partial charge < -0.3 is 4.42 Å². The van der Waals surface area contributed by atoms with Crippen LogP contribution in [0.15, 0.2) is 28.8 Å². The predicted octanol–water partition coefficient (Wildman–Crippen LogP) is 3.19. The summed E-state index contributed by atoms with van der Waals surface area (Å²) in [6.07, 6.45) is 2.54. The highest BCUT2D eigenvalue weighted by atomic mass is 16.3. The van der Waals surface area contributed by atoms with Crippen molar-refractivity contribution < 1.29 is 4.42 Å². The molecule has 2 heteroatoms. The van der Waals surface area contributed by atoms with Crippen molar-refractivity contribution in [2.45, 2.75) is 27.2 Å². The lowest BCUT2D eigenvalue weighted by molar-refractivity contribution is 0.481. The molecule has 0 atom stereocenters. The molecule has 1 heterocycles. The summed E-state index contributed by atoms with van der Waals surface area (Å²) in [6.45, 7) is 6.14. The van der Waals surface area contributed by atoms with E-state index in [2.05, 4.69) is 37.0 Å². The van der Waals surface area contributed by atoms with Crippen LogP contribution in [0.1, 0.15) is 28.3 Å². The summed E-state index contributed by atoms with van der Waals surface area (Å²) in [7, 11) is 0. The number of hydrogen-bond donors (Lipinski definition) is 0. The fourth-order valence-corrected chi connectivity index (χ4v) is 1.69. The van der Waals surface area contributed by atoms with E-state index >= 15 is 0 Å². The average Bonchev–Trinajstić information content (AvgIpc) is 2.56. The first kappa shape index (κ1) is 9.97. The van der Waals surface area contributed by atoms with Gasteiger partial charge in [-0.15, -0.1) is 0 Å². The van der Waals surface area contributed by atoms with Crippen LogP contribution in [0.3, 0.4) is 0 Å². The maximum absolute atomic E-state index is 5.46. The minimum Gasteiger partial charge on any atom is -0.446 e. The fourth-order valence-electron chi connectivity index (χ4n) is 1.69. The molecule has 78 valence electrons. The highest BCUT2D eigenvalue weighted by Crippen LogP contribution is 2.15. The zero-order chi connectivity index (χ0) is 10.8. The summed E-state index contributed by atoms with van der Waals surface area (Å²) < 4.78 is 5.46. The molecule has 2 nitrogen and oxygen atoms in total. The summed E-state index contributed by atoms with van der Waals surface area (Å²) in [5.74, 6) is 1.66. The van der Waals surface area contributed by atoms with Gasteiger partial charge in [0.25, 0.3) is 0 Å². The monoisotopic (exact) mass is 201 g/mol. The number of rotatable bonds is 2. The van der Waals surface area contributed by atoms with Crippen LogP contribution < -0.4 is 0 Å². The molecule has 0 aliphatic heterocycles. The maximum atomic E-state index is 5.46. The molecule has 0 N–H and O–H groups in total. The number of hydrogen-bond acceptors (Lipinski definition) is 2. The van der Waals surface area contributed by atoms with E-state index in [4.69, 9.17) is 4.42 Å². The van der Waals surface area contributed by atoms with Crippen LogP contribution >= 0.6 is 0 Å². The van der Waals surface area contributed by atoms with Gasteiger partial charge in [-0.1, -0.05) is 23.8 Å². The molecule has 2 rings (SSSR count). The Morgan fingerprint density at radius 3 is 2.60 bits per heavy atom. The molecule has 0 spiro atoms. The maximum Gasteiger partial charge on any atom is 0.198 e. The Hall–Kier alpha value is -1.57. The highest BCUT2D eigenvalue weighted by molar-refractivity contribution is 5.32. The topological polar surface area (TPSA) is 26.0 Å². The van der Waals surface area contributed by atoms with E-state index in [1.807, 2.05) is 6.92 Å². The Kier molecular flexibility index (Phi) is 2.58.